The van der Waals surface area contributed by atoms with Crippen molar-refractivity contribution >= 4 is 6.09 Å². The number of aromatic nitrogens is 1. The molecule has 0 unspecified atom stereocenters. The molecule has 0 bridgehead atoms. The SMILES string of the molecule is Cc1ccc(-c2c(COc3ccccc3C#N)c(C)nc(CC(C)C)c2CNC(=O)OC(C)(C)C)cc1. The molecule has 0 fully saturated rings. The largest absolute Gasteiger partial charge is 0.487 e. The third-order valence-electron chi connectivity index (χ3n) is 5.82. The highest BCUT2D eigenvalue weighted by Gasteiger charge is 2.23. The van der Waals surface area contributed by atoms with Crippen LogP contribution in [0.2, 0.25) is 0 Å². The minimum atomic E-state index is -0.594. The van der Waals surface area contributed by atoms with Crippen LogP contribution < -0.4 is 10.1 Å². The van der Waals surface area contributed by atoms with E-state index in [4.69, 9.17) is 14.5 Å². The van der Waals surface area contributed by atoms with Crippen LogP contribution in [0.4, 0.5) is 4.79 Å². The first-order chi connectivity index (χ1) is 17.5. The summed E-state index contributed by atoms with van der Waals surface area (Å²) in [6, 6.07) is 17.7. The van der Waals surface area contributed by atoms with Crippen LogP contribution in [0.1, 0.15) is 68.3 Å². The molecular weight excluding hydrogens is 462 g/mol. The van der Waals surface area contributed by atoms with Gasteiger partial charge in [0.1, 0.15) is 24.0 Å². The molecule has 0 atom stereocenters. The van der Waals surface area contributed by atoms with E-state index in [-0.39, 0.29) is 13.2 Å². The maximum Gasteiger partial charge on any atom is 0.407 e. The third-order valence-corrected chi connectivity index (χ3v) is 5.82. The predicted octanol–water partition coefficient (Wildman–Crippen LogP) is 7.04. The summed E-state index contributed by atoms with van der Waals surface area (Å²) in [4.78, 5) is 17.6. The standard InChI is InChI=1S/C31H37N3O3/c1-20(2)16-27-25(18-33-30(35)37-31(5,6)7)29(23-14-12-21(3)13-15-23)26(22(4)34-27)19-36-28-11-9-8-10-24(28)17-32/h8-15,20H,16,18-19H2,1-7H3,(H,33,35). The lowest BCUT2D eigenvalue weighted by Gasteiger charge is -2.24. The summed E-state index contributed by atoms with van der Waals surface area (Å²) in [6.07, 6.45) is 0.294. The van der Waals surface area contributed by atoms with Gasteiger partial charge in [-0.05, 0) is 70.2 Å². The Kier molecular flexibility index (Phi) is 8.94. The molecule has 3 rings (SSSR count). The molecule has 0 saturated carbocycles. The monoisotopic (exact) mass is 499 g/mol. The summed E-state index contributed by atoms with van der Waals surface area (Å²) in [6.45, 7) is 14.4. The maximum atomic E-state index is 12.6. The summed E-state index contributed by atoms with van der Waals surface area (Å²) < 4.78 is 11.7. The first-order valence-electron chi connectivity index (χ1n) is 12.7. The Morgan fingerprint density at radius 2 is 1.73 bits per heavy atom. The van der Waals surface area contributed by atoms with E-state index in [0.717, 1.165) is 45.6 Å². The van der Waals surface area contributed by atoms with Gasteiger partial charge in [0.05, 0.1) is 5.56 Å². The van der Waals surface area contributed by atoms with Gasteiger partial charge < -0.3 is 14.8 Å². The Hall–Kier alpha value is -3.85. The number of alkyl carbamates (subject to hydrolysis) is 1. The fourth-order valence-electron chi connectivity index (χ4n) is 4.15. The minimum Gasteiger partial charge on any atom is -0.487 e. The number of carbonyl (C=O) groups excluding carboxylic acids is 1. The zero-order valence-corrected chi connectivity index (χ0v) is 22.9. The number of nitriles is 1. The van der Waals surface area contributed by atoms with Crippen molar-refractivity contribution in [1.82, 2.24) is 10.3 Å². The van der Waals surface area contributed by atoms with E-state index in [2.05, 4.69) is 56.4 Å². The van der Waals surface area contributed by atoms with E-state index in [1.54, 1.807) is 12.1 Å². The summed E-state index contributed by atoms with van der Waals surface area (Å²) in [5, 5.41) is 12.4. The molecule has 0 aliphatic carbocycles. The maximum absolute atomic E-state index is 12.6. The van der Waals surface area contributed by atoms with Crippen molar-refractivity contribution in [2.45, 2.75) is 73.6 Å². The second-order valence-corrected chi connectivity index (χ2v) is 10.7. The van der Waals surface area contributed by atoms with Crippen molar-refractivity contribution in [1.29, 1.82) is 5.26 Å². The smallest absolute Gasteiger partial charge is 0.407 e. The average molecular weight is 500 g/mol. The summed E-state index contributed by atoms with van der Waals surface area (Å²) >= 11 is 0. The van der Waals surface area contributed by atoms with E-state index >= 15 is 0 Å². The molecule has 2 aromatic carbocycles. The van der Waals surface area contributed by atoms with Crippen molar-refractivity contribution in [2.24, 2.45) is 5.92 Å². The van der Waals surface area contributed by atoms with Crippen LogP contribution in [-0.4, -0.2) is 16.7 Å². The average Bonchev–Trinajstić information content (AvgIpc) is 2.81. The normalized spacial score (nSPS) is 11.2. The van der Waals surface area contributed by atoms with E-state index in [1.807, 2.05) is 39.8 Å². The number of hydrogen-bond acceptors (Lipinski definition) is 5. The van der Waals surface area contributed by atoms with Crippen molar-refractivity contribution in [3.63, 3.8) is 0 Å². The number of rotatable bonds is 8. The molecular formula is C31H37N3O3. The molecule has 1 aromatic heterocycles. The molecule has 1 heterocycles. The highest BCUT2D eigenvalue weighted by atomic mass is 16.6. The zero-order chi connectivity index (χ0) is 27.2. The first-order valence-corrected chi connectivity index (χ1v) is 12.7. The number of para-hydroxylation sites is 1. The molecule has 0 saturated heterocycles. The van der Waals surface area contributed by atoms with Gasteiger partial charge in [0.2, 0.25) is 0 Å². The van der Waals surface area contributed by atoms with Gasteiger partial charge >= 0.3 is 6.09 Å². The number of amides is 1. The topological polar surface area (TPSA) is 84.2 Å². The van der Waals surface area contributed by atoms with Crippen molar-refractivity contribution in [2.75, 3.05) is 0 Å². The van der Waals surface area contributed by atoms with Crippen LogP contribution in [-0.2, 0) is 24.3 Å². The fraction of sp³-hybridized carbons (Fsp3) is 0.387. The molecule has 37 heavy (non-hydrogen) atoms. The van der Waals surface area contributed by atoms with Crippen LogP contribution in [0.3, 0.4) is 0 Å². The molecule has 0 spiro atoms. The Labute approximate surface area is 220 Å². The number of hydrogen-bond donors (Lipinski definition) is 1. The Morgan fingerprint density at radius 3 is 2.35 bits per heavy atom. The van der Waals surface area contributed by atoms with Crippen LogP contribution in [0.15, 0.2) is 48.5 Å². The quantitative estimate of drug-likeness (QED) is 0.359. The van der Waals surface area contributed by atoms with E-state index < -0.39 is 11.7 Å². The number of carbonyl (C=O) groups is 1. The zero-order valence-electron chi connectivity index (χ0n) is 22.9. The van der Waals surface area contributed by atoms with Gasteiger partial charge in [-0.2, -0.15) is 5.26 Å². The highest BCUT2D eigenvalue weighted by Crippen LogP contribution is 2.34. The Bertz CT molecular complexity index is 1280. The summed E-state index contributed by atoms with van der Waals surface area (Å²) in [7, 11) is 0. The van der Waals surface area contributed by atoms with Crippen molar-refractivity contribution in [3.8, 4) is 22.9 Å². The second kappa shape index (κ2) is 11.9. The molecule has 6 nitrogen and oxygen atoms in total. The number of nitrogens with one attached hydrogen (secondary N) is 1. The molecule has 0 aliphatic rings. The van der Waals surface area contributed by atoms with E-state index in [9.17, 15) is 10.1 Å². The fourth-order valence-corrected chi connectivity index (χ4v) is 4.15. The Balaban J connectivity index is 2.13. The molecule has 0 aliphatic heterocycles. The Morgan fingerprint density at radius 1 is 1.05 bits per heavy atom. The van der Waals surface area contributed by atoms with Gasteiger partial charge in [0.15, 0.2) is 0 Å². The molecule has 6 heteroatoms. The van der Waals surface area contributed by atoms with E-state index in [1.165, 1.54) is 0 Å². The van der Waals surface area contributed by atoms with Gasteiger partial charge in [-0.1, -0.05) is 55.8 Å². The van der Waals surface area contributed by atoms with Crippen LogP contribution in [0.5, 0.6) is 5.75 Å². The van der Waals surface area contributed by atoms with Gasteiger partial charge in [-0.3, -0.25) is 4.98 Å². The third kappa shape index (κ3) is 7.57. The van der Waals surface area contributed by atoms with Gasteiger partial charge in [-0.15, -0.1) is 0 Å². The lowest BCUT2D eigenvalue weighted by Crippen LogP contribution is -2.32. The molecule has 194 valence electrons. The lowest BCUT2D eigenvalue weighted by atomic mass is 9.90. The van der Waals surface area contributed by atoms with Crippen molar-refractivity contribution in [3.05, 3.63) is 82.2 Å². The molecule has 0 radical (unpaired) electrons. The molecule has 1 amide bonds. The number of ether oxygens (including phenoxy) is 2. The minimum absolute atomic E-state index is 0.238. The van der Waals surface area contributed by atoms with Crippen LogP contribution >= 0.6 is 0 Å². The van der Waals surface area contributed by atoms with E-state index in [0.29, 0.717) is 17.2 Å². The first kappa shape index (κ1) is 27.7. The molecule has 3 aromatic rings. The molecule has 1 N–H and O–H groups in total. The number of aryl methyl sites for hydroxylation is 2. The number of benzene rings is 2. The highest BCUT2D eigenvalue weighted by molar-refractivity contribution is 5.74. The van der Waals surface area contributed by atoms with Crippen LogP contribution in [0.25, 0.3) is 11.1 Å². The van der Waals surface area contributed by atoms with Gasteiger partial charge in [-0.25, -0.2) is 4.79 Å². The predicted molar refractivity (Wildman–Crippen MR) is 146 cm³/mol. The van der Waals surface area contributed by atoms with Gasteiger partial charge in [0, 0.05) is 29.1 Å². The van der Waals surface area contributed by atoms with Crippen molar-refractivity contribution < 1.29 is 14.3 Å². The number of nitrogens with zero attached hydrogens (tertiary/aromatic N) is 2. The lowest BCUT2D eigenvalue weighted by molar-refractivity contribution is 0.0523. The second-order valence-electron chi connectivity index (χ2n) is 10.7. The number of pyridine rings is 1. The van der Waals surface area contributed by atoms with Gasteiger partial charge in [0.25, 0.3) is 0 Å². The van der Waals surface area contributed by atoms with Crippen LogP contribution in [0, 0.1) is 31.1 Å². The summed E-state index contributed by atoms with van der Waals surface area (Å²) in [5.41, 5.74) is 6.74. The summed E-state index contributed by atoms with van der Waals surface area (Å²) in [5.74, 6) is 0.904.